The Labute approximate surface area is 203 Å². The average Bonchev–Trinajstić information content (AvgIpc) is 2.72. The van der Waals surface area contributed by atoms with E-state index in [1.165, 1.54) is 19.3 Å². The van der Waals surface area contributed by atoms with Crippen molar-refractivity contribution < 1.29 is 15.3 Å². The molecule has 5 aliphatic rings. The van der Waals surface area contributed by atoms with Gasteiger partial charge in [-0.3, -0.25) is 0 Å². The van der Waals surface area contributed by atoms with Crippen molar-refractivity contribution in [3.63, 3.8) is 0 Å². The van der Waals surface area contributed by atoms with Gasteiger partial charge in [0, 0.05) is 6.61 Å². The highest BCUT2D eigenvalue weighted by Crippen LogP contribution is 2.76. The molecule has 0 aromatic carbocycles. The highest BCUT2D eigenvalue weighted by Gasteiger charge is 2.71. The zero-order valence-electron chi connectivity index (χ0n) is 22.6. The molecule has 0 radical (unpaired) electrons. The zero-order chi connectivity index (χ0) is 24.2. The van der Waals surface area contributed by atoms with Crippen LogP contribution >= 0.6 is 0 Å². The number of fused-ring (bicyclic) bond motifs is 7. The molecule has 0 spiro atoms. The molecule has 0 heterocycles. The molecular weight excluding hydrogens is 408 g/mol. The summed E-state index contributed by atoms with van der Waals surface area (Å²) in [5.41, 5.74) is 0.767. The van der Waals surface area contributed by atoms with Crippen LogP contribution in [0.15, 0.2) is 0 Å². The molecule has 5 saturated carbocycles. The lowest BCUT2D eigenvalue weighted by Crippen LogP contribution is -2.70. The standard InChI is InChI=1S/C30H52O3/c1-25(2)12-14-30(18-31)15-13-29(7)24(19(30)17-25)20(32)16-22-27(5)10-9-23(33)26(3,4)21(27)8-11-28(22,29)6/h19-24,31-33H,8-18H2,1-7H3/t19?,20-,21-,22+,23-,24-,27-,28+,29+,30?/m0/s1. The second-order valence-corrected chi connectivity index (χ2v) is 15.7. The molecule has 0 saturated heterocycles. The Morgan fingerprint density at radius 1 is 0.727 bits per heavy atom. The Hall–Kier alpha value is -0.120. The molecule has 33 heavy (non-hydrogen) atoms. The summed E-state index contributed by atoms with van der Waals surface area (Å²) in [6.45, 7) is 17.4. The average molecular weight is 461 g/mol. The summed E-state index contributed by atoms with van der Waals surface area (Å²) in [5, 5.41) is 33.6. The van der Waals surface area contributed by atoms with E-state index in [9.17, 15) is 15.3 Å². The summed E-state index contributed by atoms with van der Waals surface area (Å²) in [5.74, 6) is 1.74. The molecule has 3 N–H and O–H groups in total. The molecule has 0 aromatic heterocycles. The molecule has 5 fully saturated rings. The lowest BCUT2D eigenvalue weighted by atomic mass is 9.31. The van der Waals surface area contributed by atoms with E-state index in [2.05, 4.69) is 48.5 Å². The monoisotopic (exact) mass is 460 g/mol. The maximum Gasteiger partial charge on any atom is 0.0594 e. The van der Waals surface area contributed by atoms with Crippen LogP contribution in [0.3, 0.4) is 0 Å². The molecule has 0 amide bonds. The Morgan fingerprint density at radius 3 is 2.06 bits per heavy atom. The van der Waals surface area contributed by atoms with Gasteiger partial charge in [-0.1, -0.05) is 48.5 Å². The van der Waals surface area contributed by atoms with Gasteiger partial charge in [0.25, 0.3) is 0 Å². The van der Waals surface area contributed by atoms with Crippen molar-refractivity contribution in [2.24, 2.45) is 56.2 Å². The van der Waals surface area contributed by atoms with E-state index in [1.54, 1.807) is 0 Å². The van der Waals surface area contributed by atoms with Crippen LogP contribution in [0.2, 0.25) is 0 Å². The molecule has 5 rings (SSSR count). The molecule has 5 aliphatic carbocycles. The second-order valence-electron chi connectivity index (χ2n) is 15.7. The van der Waals surface area contributed by atoms with E-state index in [1.807, 2.05) is 0 Å². The van der Waals surface area contributed by atoms with Gasteiger partial charge in [-0.05, 0) is 120 Å². The summed E-state index contributed by atoms with van der Waals surface area (Å²) in [6, 6.07) is 0. The van der Waals surface area contributed by atoms with Crippen molar-refractivity contribution in [2.75, 3.05) is 6.61 Å². The first-order chi connectivity index (χ1) is 15.2. The van der Waals surface area contributed by atoms with Crippen LogP contribution in [0, 0.1) is 56.2 Å². The third-order valence-electron chi connectivity index (χ3n) is 13.7. The van der Waals surface area contributed by atoms with Crippen molar-refractivity contribution in [1.29, 1.82) is 0 Å². The van der Waals surface area contributed by atoms with Crippen LogP contribution in [0.25, 0.3) is 0 Å². The first kappa shape index (κ1) is 24.6. The van der Waals surface area contributed by atoms with Crippen LogP contribution in [-0.2, 0) is 0 Å². The van der Waals surface area contributed by atoms with Crippen molar-refractivity contribution in [3.8, 4) is 0 Å². The van der Waals surface area contributed by atoms with Gasteiger partial charge in [0.15, 0.2) is 0 Å². The maximum absolute atomic E-state index is 12.0. The second kappa shape index (κ2) is 7.22. The molecule has 3 nitrogen and oxygen atoms in total. The van der Waals surface area contributed by atoms with Crippen LogP contribution in [0.5, 0.6) is 0 Å². The van der Waals surface area contributed by atoms with Crippen LogP contribution in [0.4, 0.5) is 0 Å². The number of aliphatic hydroxyl groups excluding tert-OH is 3. The van der Waals surface area contributed by atoms with Gasteiger partial charge < -0.3 is 15.3 Å². The van der Waals surface area contributed by atoms with Gasteiger partial charge in [0.1, 0.15) is 0 Å². The van der Waals surface area contributed by atoms with Gasteiger partial charge in [0.2, 0.25) is 0 Å². The summed E-state index contributed by atoms with van der Waals surface area (Å²) in [7, 11) is 0. The largest absolute Gasteiger partial charge is 0.396 e. The number of hydrogen-bond donors (Lipinski definition) is 3. The van der Waals surface area contributed by atoms with Crippen molar-refractivity contribution in [2.45, 2.75) is 125 Å². The topological polar surface area (TPSA) is 60.7 Å². The van der Waals surface area contributed by atoms with E-state index in [0.29, 0.717) is 35.7 Å². The smallest absolute Gasteiger partial charge is 0.0594 e. The molecule has 0 aliphatic heterocycles. The third kappa shape index (κ3) is 3.03. The highest BCUT2D eigenvalue weighted by atomic mass is 16.3. The highest BCUT2D eigenvalue weighted by molar-refractivity contribution is 5.20. The fraction of sp³-hybridized carbons (Fsp3) is 1.00. The Bertz CT molecular complexity index is 789. The van der Waals surface area contributed by atoms with Gasteiger partial charge in [-0.15, -0.1) is 0 Å². The van der Waals surface area contributed by atoms with Crippen molar-refractivity contribution >= 4 is 0 Å². The number of aliphatic hydroxyl groups is 3. The van der Waals surface area contributed by atoms with Crippen LogP contribution in [0.1, 0.15) is 113 Å². The number of rotatable bonds is 1. The number of hydrogen-bond acceptors (Lipinski definition) is 3. The summed E-state index contributed by atoms with van der Waals surface area (Å²) >= 11 is 0. The van der Waals surface area contributed by atoms with Gasteiger partial charge in [-0.25, -0.2) is 0 Å². The minimum Gasteiger partial charge on any atom is -0.396 e. The minimum atomic E-state index is -0.274. The molecule has 0 bridgehead atoms. The molecular formula is C30H52O3. The first-order valence-electron chi connectivity index (χ1n) is 14.1. The van der Waals surface area contributed by atoms with Gasteiger partial charge in [0.05, 0.1) is 12.2 Å². The normalized spacial score (nSPS) is 57.3. The van der Waals surface area contributed by atoms with Crippen molar-refractivity contribution in [3.05, 3.63) is 0 Å². The lowest BCUT2D eigenvalue weighted by molar-refractivity contribution is -0.281. The fourth-order valence-corrected chi connectivity index (χ4v) is 11.4. The predicted molar refractivity (Wildman–Crippen MR) is 134 cm³/mol. The van der Waals surface area contributed by atoms with E-state index >= 15 is 0 Å². The molecule has 2 unspecified atom stereocenters. The molecule has 3 heteroatoms. The molecule has 0 aromatic rings. The van der Waals surface area contributed by atoms with E-state index in [-0.39, 0.29) is 39.3 Å². The van der Waals surface area contributed by atoms with Gasteiger partial charge >= 0.3 is 0 Å². The van der Waals surface area contributed by atoms with Crippen LogP contribution < -0.4 is 0 Å². The lowest BCUT2D eigenvalue weighted by Gasteiger charge is -2.74. The third-order valence-corrected chi connectivity index (χ3v) is 13.7. The maximum atomic E-state index is 12.0. The first-order valence-corrected chi connectivity index (χ1v) is 14.1. The summed E-state index contributed by atoms with van der Waals surface area (Å²) in [4.78, 5) is 0. The quantitative estimate of drug-likeness (QED) is 0.437. The van der Waals surface area contributed by atoms with Crippen LogP contribution in [-0.4, -0.2) is 34.1 Å². The van der Waals surface area contributed by atoms with E-state index < -0.39 is 0 Å². The Balaban J connectivity index is 1.57. The van der Waals surface area contributed by atoms with E-state index in [4.69, 9.17) is 0 Å². The van der Waals surface area contributed by atoms with Gasteiger partial charge in [-0.2, -0.15) is 0 Å². The predicted octanol–water partition coefficient (Wildman–Crippen LogP) is 6.19. The summed E-state index contributed by atoms with van der Waals surface area (Å²) < 4.78 is 0. The summed E-state index contributed by atoms with van der Waals surface area (Å²) in [6.07, 6.45) is 10.6. The van der Waals surface area contributed by atoms with E-state index in [0.717, 1.165) is 44.9 Å². The molecule has 190 valence electrons. The SMILES string of the molecule is CC1(C)CCC2(CO)CC[C@]3(C)[C@@H](C2C1)[C@@H](O)C[C@@H]1[C@@]2(C)CC[C@H](O)C(C)(C)[C@@H]2CC[C@]13C. The molecule has 10 atom stereocenters. The van der Waals surface area contributed by atoms with Crippen molar-refractivity contribution in [1.82, 2.24) is 0 Å². The Morgan fingerprint density at radius 2 is 1.39 bits per heavy atom. The zero-order valence-corrected chi connectivity index (χ0v) is 22.6. The Kier molecular flexibility index (Phi) is 5.38. The minimum absolute atomic E-state index is 0.0158. The fourth-order valence-electron chi connectivity index (χ4n) is 11.4.